The average molecular weight is 238 g/mol. The van der Waals surface area contributed by atoms with E-state index in [0.717, 1.165) is 25.9 Å². The average Bonchev–Trinajstić information content (AvgIpc) is 2.78. The SMILES string of the molecule is CCOC(=O)C1CC2(CCCO2)CCC1=C=O. The van der Waals surface area contributed by atoms with Gasteiger partial charge in [0, 0.05) is 12.2 Å². The molecule has 17 heavy (non-hydrogen) atoms. The number of hydrogen-bond acceptors (Lipinski definition) is 4. The minimum atomic E-state index is -0.445. The molecule has 0 bridgehead atoms. The fourth-order valence-corrected chi connectivity index (χ4v) is 2.84. The predicted molar refractivity (Wildman–Crippen MR) is 61.1 cm³/mol. The molecule has 2 rings (SSSR count). The molecule has 0 radical (unpaired) electrons. The third kappa shape index (κ3) is 2.43. The van der Waals surface area contributed by atoms with Crippen LogP contribution >= 0.6 is 0 Å². The predicted octanol–water partition coefficient (Wildman–Crippen LogP) is 1.66. The van der Waals surface area contributed by atoms with Crippen LogP contribution in [0.4, 0.5) is 0 Å². The monoisotopic (exact) mass is 238 g/mol. The Bertz CT molecular complexity index is 348. The van der Waals surface area contributed by atoms with Gasteiger partial charge in [-0.1, -0.05) is 0 Å². The number of esters is 1. The molecule has 0 aromatic heterocycles. The van der Waals surface area contributed by atoms with E-state index in [0.29, 0.717) is 25.0 Å². The lowest BCUT2D eigenvalue weighted by molar-refractivity contribution is -0.150. The summed E-state index contributed by atoms with van der Waals surface area (Å²) in [5.41, 5.74) is 0.349. The van der Waals surface area contributed by atoms with Crippen molar-refractivity contribution in [1.82, 2.24) is 0 Å². The Kier molecular flexibility index (Phi) is 3.65. The molecule has 0 aromatic rings. The Morgan fingerprint density at radius 3 is 3.00 bits per heavy atom. The quantitative estimate of drug-likeness (QED) is 0.542. The lowest BCUT2D eigenvalue weighted by Gasteiger charge is -2.36. The van der Waals surface area contributed by atoms with Gasteiger partial charge in [0.2, 0.25) is 0 Å². The lowest BCUT2D eigenvalue weighted by Crippen LogP contribution is -2.39. The van der Waals surface area contributed by atoms with E-state index >= 15 is 0 Å². The van der Waals surface area contributed by atoms with Gasteiger partial charge in [0.1, 0.15) is 5.94 Å². The van der Waals surface area contributed by atoms with Crippen LogP contribution in [0.3, 0.4) is 0 Å². The van der Waals surface area contributed by atoms with Crippen molar-refractivity contribution < 1.29 is 19.1 Å². The summed E-state index contributed by atoms with van der Waals surface area (Å²) < 4.78 is 10.8. The van der Waals surface area contributed by atoms with E-state index in [9.17, 15) is 9.59 Å². The van der Waals surface area contributed by atoms with Crippen LogP contribution in [0.5, 0.6) is 0 Å². The first kappa shape index (κ1) is 12.3. The highest BCUT2D eigenvalue weighted by atomic mass is 16.5. The van der Waals surface area contributed by atoms with Gasteiger partial charge < -0.3 is 9.47 Å². The highest BCUT2D eigenvalue weighted by molar-refractivity contribution is 5.79. The molecule has 2 unspecified atom stereocenters. The van der Waals surface area contributed by atoms with E-state index in [1.165, 1.54) is 0 Å². The Balaban J connectivity index is 2.14. The molecular weight excluding hydrogens is 220 g/mol. The fraction of sp³-hybridized carbons (Fsp3) is 0.769. The smallest absolute Gasteiger partial charge is 0.313 e. The molecule has 1 saturated heterocycles. The van der Waals surface area contributed by atoms with Crippen LogP contribution in [0.25, 0.3) is 0 Å². The van der Waals surface area contributed by atoms with Crippen LogP contribution < -0.4 is 0 Å². The van der Waals surface area contributed by atoms with Gasteiger partial charge in [0.15, 0.2) is 0 Å². The molecule has 2 aliphatic rings. The standard InChI is InChI=1S/C13H18O4/c1-2-16-12(15)11-8-13(5-3-7-17-13)6-4-10(11)9-14/h11H,2-8H2,1H3. The first-order valence-electron chi connectivity index (χ1n) is 6.25. The molecule has 0 amide bonds. The summed E-state index contributed by atoms with van der Waals surface area (Å²) in [4.78, 5) is 22.7. The summed E-state index contributed by atoms with van der Waals surface area (Å²) in [6.07, 6.45) is 4.03. The van der Waals surface area contributed by atoms with E-state index in [1.807, 2.05) is 5.94 Å². The normalized spacial score (nSPS) is 32.5. The molecule has 1 aliphatic heterocycles. The Morgan fingerprint density at radius 1 is 1.59 bits per heavy atom. The topological polar surface area (TPSA) is 52.6 Å². The second-order valence-corrected chi connectivity index (χ2v) is 4.77. The molecule has 4 heteroatoms. The van der Waals surface area contributed by atoms with Crippen molar-refractivity contribution in [1.29, 1.82) is 0 Å². The molecule has 0 N–H and O–H groups in total. The summed E-state index contributed by atoms with van der Waals surface area (Å²) in [5, 5.41) is 0. The van der Waals surface area contributed by atoms with Gasteiger partial charge in [-0.25, -0.2) is 4.79 Å². The number of carbonyl (C=O) groups is 1. The van der Waals surface area contributed by atoms with Gasteiger partial charge in [-0.2, -0.15) is 0 Å². The van der Waals surface area contributed by atoms with Gasteiger partial charge in [-0.15, -0.1) is 0 Å². The maximum absolute atomic E-state index is 11.8. The summed E-state index contributed by atoms with van der Waals surface area (Å²) in [5.74, 6) is 1.16. The summed E-state index contributed by atoms with van der Waals surface area (Å²) in [6, 6.07) is 0. The van der Waals surface area contributed by atoms with E-state index in [-0.39, 0.29) is 11.6 Å². The zero-order valence-electron chi connectivity index (χ0n) is 10.2. The van der Waals surface area contributed by atoms with Crippen molar-refractivity contribution in [2.24, 2.45) is 5.92 Å². The van der Waals surface area contributed by atoms with E-state index in [4.69, 9.17) is 9.47 Å². The first-order chi connectivity index (χ1) is 8.21. The lowest BCUT2D eigenvalue weighted by atomic mass is 9.74. The molecule has 1 heterocycles. The van der Waals surface area contributed by atoms with E-state index in [1.54, 1.807) is 6.92 Å². The van der Waals surface area contributed by atoms with Gasteiger partial charge in [-0.3, -0.25) is 4.79 Å². The second kappa shape index (κ2) is 5.03. The zero-order valence-corrected chi connectivity index (χ0v) is 10.2. The Morgan fingerprint density at radius 2 is 2.41 bits per heavy atom. The zero-order chi connectivity index (χ0) is 12.3. The molecule has 1 spiro atoms. The molecular formula is C13H18O4. The van der Waals surface area contributed by atoms with Crippen molar-refractivity contribution in [2.45, 2.75) is 44.6 Å². The van der Waals surface area contributed by atoms with Gasteiger partial charge in [0.05, 0.1) is 18.1 Å². The molecule has 1 saturated carbocycles. The largest absolute Gasteiger partial charge is 0.466 e. The van der Waals surface area contributed by atoms with Crippen molar-refractivity contribution in [2.75, 3.05) is 13.2 Å². The van der Waals surface area contributed by atoms with E-state index in [2.05, 4.69) is 0 Å². The van der Waals surface area contributed by atoms with Crippen molar-refractivity contribution in [3.8, 4) is 0 Å². The molecule has 2 atom stereocenters. The number of rotatable bonds is 2. The third-order valence-corrected chi connectivity index (χ3v) is 3.73. The van der Waals surface area contributed by atoms with Crippen LogP contribution in [-0.2, 0) is 19.1 Å². The number of carbonyl (C=O) groups excluding carboxylic acids is 2. The van der Waals surface area contributed by atoms with Crippen LogP contribution in [-0.4, -0.2) is 30.7 Å². The Hall–Kier alpha value is -1.12. The fourth-order valence-electron chi connectivity index (χ4n) is 2.84. The minimum Gasteiger partial charge on any atom is -0.466 e. The van der Waals surface area contributed by atoms with Gasteiger partial charge >= 0.3 is 5.97 Å². The third-order valence-electron chi connectivity index (χ3n) is 3.73. The van der Waals surface area contributed by atoms with Gasteiger partial charge in [-0.05, 0) is 39.0 Å². The van der Waals surface area contributed by atoms with Crippen molar-refractivity contribution >= 4 is 11.9 Å². The van der Waals surface area contributed by atoms with Crippen LogP contribution in [0.15, 0.2) is 5.57 Å². The highest BCUT2D eigenvalue weighted by Crippen LogP contribution is 2.43. The van der Waals surface area contributed by atoms with Crippen molar-refractivity contribution in [3.63, 3.8) is 0 Å². The van der Waals surface area contributed by atoms with Crippen LogP contribution in [0.1, 0.15) is 39.0 Å². The molecule has 1 aliphatic carbocycles. The molecule has 2 fully saturated rings. The minimum absolute atomic E-state index is 0.197. The maximum atomic E-state index is 11.8. The summed E-state index contributed by atoms with van der Waals surface area (Å²) in [7, 11) is 0. The summed E-state index contributed by atoms with van der Waals surface area (Å²) in [6.45, 7) is 2.87. The van der Waals surface area contributed by atoms with Crippen LogP contribution in [0.2, 0.25) is 0 Å². The van der Waals surface area contributed by atoms with E-state index < -0.39 is 5.92 Å². The highest BCUT2D eigenvalue weighted by Gasteiger charge is 2.45. The Labute approximate surface area is 101 Å². The van der Waals surface area contributed by atoms with Crippen molar-refractivity contribution in [3.05, 3.63) is 5.57 Å². The number of ether oxygens (including phenoxy) is 2. The van der Waals surface area contributed by atoms with Gasteiger partial charge in [0.25, 0.3) is 0 Å². The first-order valence-corrected chi connectivity index (χ1v) is 6.25. The maximum Gasteiger partial charge on any atom is 0.313 e. The number of hydrogen-bond donors (Lipinski definition) is 0. The summed E-state index contributed by atoms with van der Waals surface area (Å²) >= 11 is 0. The second-order valence-electron chi connectivity index (χ2n) is 4.77. The van der Waals surface area contributed by atoms with Crippen LogP contribution in [0, 0.1) is 5.92 Å². The molecule has 94 valence electrons. The molecule has 0 aromatic carbocycles. The molecule has 4 nitrogen and oxygen atoms in total.